The fourth-order valence-electron chi connectivity index (χ4n) is 2.14. The first-order valence-electron chi connectivity index (χ1n) is 10.9. The second-order valence-electron chi connectivity index (χ2n) is 8.56. The van der Waals surface area contributed by atoms with E-state index in [1.165, 1.54) is 0 Å². The van der Waals surface area contributed by atoms with Crippen LogP contribution in [0.25, 0.3) is 0 Å². The van der Waals surface area contributed by atoms with Gasteiger partial charge in [-0.2, -0.15) is 0 Å². The van der Waals surface area contributed by atoms with Crippen molar-refractivity contribution in [3.8, 4) is 0 Å². The number of primary amides is 1. The van der Waals surface area contributed by atoms with Gasteiger partial charge in [0.15, 0.2) is 0 Å². The fraction of sp³-hybridized carbons (Fsp3) is 0.864. The van der Waals surface area contributed by atoms with E-state index in [1.54, 1.807) is 34.6 Å². The number of carboxylic acid groups (broad SMARTS) is 1. The molecule has 9 heteroatoms. The molecule has 0 saturated carbocycles. The van der Waals surface area contributed by atoms with E-state index in [1.807, 2.05) is 6.92 Å². The van der Waals surface area contributed by atoms with Crippen molar-refractivity contribution in [2.75, 3.05) is 19.8 Å². The zero-order chi connectivity index (χ0) is 24.4. The SMILES string of the molecule is CC(C)(C)OC(N)=O.CC(C)C(=O)O.CCCCOC1CCOCCC(=O)OC(C)C1. The molecule has 0 aromatic carbocycles. The largest absolute Gasteiger partial charge is 0.481 e. The van der Waals surface area contributed by atoms with Crippen LogP contribution in [0, 0.1) is 5.92 Å². The summed E-state index contributed by atoms with van der Waals surface area (Å²) in [6, 6.07) is 0. The Morgan fingerprint density at radius 1 is 1.26 bits per heavy atom. The van der Waals surface area contributed by atoms with Crippen molar-refractivity contribution < 1.29 is 38.4 Å². The van der Waals surface area contributed by atoms with E-state index < -0.39 is 17.7 Å². The molecule has 184 valence electrons. The standard InChI is InChI=1S/C13H24O4.C5H11NO2.C4H8O2/c1-3-4-7-16-12-5-8-15-9-6-13(14)17-11(2)10-12;1-5(2,3)8-4(6)7;1-3(2)4(5)6/h11-12H,3-10H2,1-2H3;1-3H3,(H2,6,7);3H,1-2H3,(H,5,6). The van der Waals surface area contributed by atoms with Gasteiger partial charge in [0.1, 0.15) is 11.7 Å². The lowest BCUT2D eigenvalue weighted by atomic mass is 10.1. The van der Waals surface area contributed by atoms with Crippen LogP contribution in [-0.2, 0) is 28.5 Å². The van der Waals surface area contributed by atoms with E-state index in [0.29, 0.717) is 19.6 Å². The predicted octanol–water partition coefficient (Wildman–Crippen LogP) is 3.91. The fourth-order valence-corrected chi connectivity index (χ4v) is 2.14. The molecule has 1 aliphatic heterocycles. The van der Waals surface area contributed by atoms with Crippen LogP contribution in [0.1, 0.15) is 80.6 Å². The number of carbonyl (C=O) groups is 3. The van der Waals surface area contributed by atoms with E-state index in [2.05, 4.69) is 11.7 Å². The molecule has 0 aromatic rings. The quantitative estimate of drug-likeness (QED) is 0.476. The average molecular weight is 450 g/mol. The van der Waals surface area contributed by atoms with Crippen molar-refractivity contribution in [2.45, 2.75) is 98.4 Å². The number of amides is 1. The smallest absolute Gasteiger partial charge is 0.405 e. The van der Waals surface area contributed by atoms with Gasteiger partial charge in [-0.1, -0.05) is 27.2 Å². The van der Waals surface area contributed by atoms with Crippen LogP contribution in [0.3, 0.4) is 0 Å². The summed E-state index contributed by atoms with van der Waals surface area (Å²) in [5.41, 5.74) is 4.26. The van der Waals surface area contributed by atoms with Crippen molar-refractivity contribution in [3.63, 3.8) is 0 Å². The lowest BCUT2D eigenvalue weighted by molar-refractivity contribution is -0.152. The minimum Gasteiger partial charge on any atom is -0.481 e. The van der Waals surface area contributed by atoms with Gasteiger partial charge in [-0.25, -0.2) is 4.79 Å². The molecule has 1 rings (SSSR count). The second kappa shape index (κ2) is 17.8. The maximum Gasteiger partial charge on any atom is 0.405 e. The Bertz CT molecular complexity index is 500. The summed E-state index contributed by atoms with van der Waals surface area (Å²) >= 11 is 0. The molecule has 3 N–H and O–H groups in total. The van der Waals surface area contributed by atoms with Crippen LogP contribution in [-0.4, -0.2) is 60.8 Å². The van der Waals surface area contributed by atoms with Crippen molar-refractivity contribution >= 4 is 18.0 Å². The number of esters is 1. The van der Waals surface area contributed by atoms with Crippen LogP contribution in [0.2, 0.25) is 0 Å². The highest BCUT2D eigenvalue weighted by molar-refractivity contribution is 5.69. The third-order valence-electron chi connectivity index (χ3n) is 3.71. The lowest BCUT2D eigenvalue weighted by Gasteiger charge is -2.23. The molecule has 0 aliphatic carbocycles. The molecule has 0 spiro atoms. The van der Waals surface area contributed by atoms with E-state index in [9.17, 15) is 14.4 Å². The second-order valence-corrected chi connectivity index (χ2v) is 8.56. The molecule has 1 aliphatic rings. The number of hydrogen-bond donors (Lipinski definition) is 2. The molecule has 1 amide bonds. The zero-order valence-electron chi connectivity index (χ0n) is 20.3. The highest BCUT2D eigenvalue weighted by Gasteiger charge is 2.18. The van der Waals surface area contributed by atoms with Gasteiger partial charge in [-0.05, 0) is 40.5 Å². The summed E-state index contributed by atoms with van der Waals surface area (Å²) in [5, 5.41) is 7.99. The van der Waals surface area contributed by atoms with Crippen LogP contribution in [0.4, 0.5) is 4.79 Å². The van der Waals surface area contributed by atoms with Crippen molar-refractivity contribution in [1.29, 1.82) is 0 Å². The van der Waals surface area contributed by atoms with Crippen LogP contribution in [0.15, 0.2) is 0 Å². The molecule has 2 unspecified atom stereocenters. The van der Waals surface area contributed by atoms with Gasteiger partial charge in [0, 0.05) is 19.6 Å². The number of carbonyl (C=O) groups excluding carboxylic acids is 2. The molecule has 0 bridgehead atoms. The number of cyclic esters (lactones) is 1. The first kappa shape index (κ1) is 31.3. The van der Waals surface area contributed by atoms with E-state index in [4.69, 9.17) is 25.1 Å². The third kappa shape index (κ3) is 24.3. The molecule has 1 saturated heterocycles. The van der Waals surface area contributed by atoms with Gasteiger partial charge >= 0.3 is 18.0 Å². The normalized spacial score (nSPS) is 19.7. The van der Waals surface area contributed by atoms with E-state index >= 15 is 0 Å². The van der Waals surface area contributed by atoms with E-state index in [-0.39, 0.29) is 24.1 Å². The Kier molecular flexibility index (Phi) is 18.0. The van der Waals surface area contributed by atoms with E-state index in [0.717, 1.165) is 32.3 Å². The molecule has 9 nitrogen and oxygen atoms in total. The number of unbranched alkanes of at least 4 members (excludes halogenated alkanes) is 1. The van der Waals surface area contributed by atoms with Crippen LogP contribution in [0.5, 0.6) is 0 Å². The molecular weight excluding hydrogens is 406 g/mol. The van der Waals surface area contributed by atoms with Crippen molar-refractivity contribution in [1.82, 2.24) is 0 Å². The Morgan fingerprint density at radius 3 is 2.26 bits per heavy atom. The van der Waals surface area contributed by atoms with Crippen molar-refractivity contribution in [2.24, 2.45) is 11.7 Å². The number of nitrogens with two attached hydrogens (primary N) is 1. The van der Waals surface area contributed by atoms with Gasteiger partial charge in [0.05, 0.1) is 25.0 Å². The first-order valence-corrected chi connectivity index (χ1v) is 10.9. The number of ether oxygens (including phenoxy) is 4. The summed E-state index contributed by atoms with van der Waals surface area (Å²) in [5.74, 6) is -1.15. The average Bonchev–Trinajstić information content (AvgIpc) is 2.59. The highest BCUT2D eigenvalue weighted by atomic mass is 16.6. The molecule has 0 aromatic heterocycles. The summed E-state index contributed by atoms with van der Waals surface area (Å²) in [6.07, 6.45) is 3.56. The summed E-state index contributed by atoms with van der Waals surface area (Å²) in [4.78, 5) is 31.0. The Morgan fingerprint density at radius 2 is 1.84 bits per heavy atom. The minimum absolute atomic E-state index is 0.0628. The zero-order valence-corrected chi connectivity index (χ0v) is 20.3. The van der Waals surface area contributed by atoms with Crippen LogP contribution >= 0.6 is 0 Å². The Hall–Kier alpha value is -1.87. The summed E-state index contributed by atoms with van der Waals surface area (Å²) in [6.45, 7) is 14.5. The van der Waals surface area contributed by atoms with Gasteiger partial charge < -0.3 is 29.8 Å². The maximum absolute atomic E-state index is 11.3. The minimum atomic E-state index is -0.741. The number of rotatable bonds is 5. The summed E-state index contributed by atoms with van der Waals surface area (Å²) in [7, 11) is 0. The molecule has 1 fully saturated rings. The summed E-state index contributed by atoms with van der Waals surface area (Å²) < 4.78 is 21.0. The van der Waals surface area contributed by atoms with Gasteiger partial charge in [0.2, 0.25) is 0 Å². The predicted molar refractivity (Wildman–Crippen MR) is 118 cm³/mol. The van der Waals surface area contributed by atoms with Gasteiger partial charge in [-0.15, -0.1) is 0 Å². The third-order valence-corrected chi connectivity index (χ3v) is 3.71. The monoisotopic (exact) mass is 449 g/mol. The molecular formula is C22H43NO8. The maximum atomic E-state index is 11.3. The number of hydrogen-bond acceptors (Lipinski definition) is 7. The number of aliphatic carboxylic acids is 1. The molecule has 31 heavy (non-hydrogen) atoms. The highest BCUT2D eigenvalue weighted by Crippen LogP contribution is 2.13. The lowest BCUT2D eigenvalue weighted by Crippen LogP contribution is -2.27. The van der Waals surface area contributed by atoms with Crippen molar-refractivity contribution in [3.05, 3.63) is 0 Å². The van der Waals surface area contributed by atoms with Crippen LogP contribution < -0.4 is 5.73 Å². The topological polar surface area (TPSA) is 134 Å². The van der Waals surface area contributed by atoms with Gasteiger partial charge in [-0.3, -0.25) is 9.59 Å². The number of carboxylic acids is 1. The first-order chi connectivity index (χ1) is 14.3. The Labute approximate surface area is 186 Å². The van der Waals surface area contributed by atoms with Gasteiger partial charge in [0.25, 0.3) is 0 Å². The molecule has 2 atom stereocenters. The molecule has 1 heterocycles. The Balaban J connectivity index is 0. The molecule has 0 radical (unpaired) electrons.